The molecule has 0 bridgehead atoms. The quantitative estimate of drug-likeness (QED) is 0.395. The van der Waals surface area contributed by atoms with E-state index in [2.05, 4.69) is 51.6 Å². The summed E-state index contributed by atoms with van der Waals surface area (Å²) in [5.74, 6) is 1.32. The van der Waals surface area contributed by atoms with Gasteiger partial charge in [0.05, 0.1) is 19.4 Å². The van der Waals surface area contributed by atoms with Crippen molar-refractivity contribution >= 4 is 57.3 Å². The van der Waals surface area contributed by atoms with Crippen molar-refractivity contribution in [1.82, 2.24) is 15.0 Å². The van der Waals surface area contributed by atoms with Crippen molar-refractivity contribution in [2.75, 3.05) is 41.9 Å². The summed E-state index contributed by atoms with van der Waals surface area (Å²) in [5, 5.41) is 8.10. The van der Waals surface area contributed by atoms with Crippen LogP contribution >= 0.6 is 27.5 Å². The van der Waals surface area contributed by atoms with Gasteiger partial charge in [-0.15, -0.1) is 0 Å². The lowest BCUT2D eigenvalue weighted by atomic mass is 10.2. The highest BCUT2D eigenvalue weighted by Gasteiger charge is 2.16. The van der Waals surface area contributed by atoms with Gasteiger partial charge >= 0.3 is 0 Å². The molecule has 0 atom stereocenters. The van der Waals surface area contributed by atoms with E-state index in [4.69, 9.17) is 16.3 Å². The van der Waals surface area contributed by atoms with Crippen LogP contribution in [0.5, 0.6) is 0 Å². The van der Waals surface area contributed by atoms with Crippen LogP contribution in [0.3, 0.4) is 0 Å². The first-order chi connectivity index (χ1) is 14.7. The van der Waals surface area contributed by atoms with Gasteiger partial charge in [0.15, 0.2) is 0 Å². The molecule has 0 radical (unpaired) electrons. The van der Waals surface area contributed by atoms with E-state index in [1.807, 2.05) is 48.5 Å². The van der Waals surface area contributed by atoms with Crippen molar-refractivity contribution in [3.8, 4) is 0 Å². The second kappa shape index (κ2) is 9.84. The van der Waals surface area contributed by atoms with Crippen LogP contribution in [0.15, 0.2) is 58.1 Å². The molecule has 10 heteroatoms. The lowest BCUT2D eigenvalue weighted by Crippen LogP contribution is -2.37. The summed E-state index contributed by atoms with van der Waals surface area (Å²) in [4.78, 5) is 15.6. The van der Waals surface area contributed by atoms with Crippen LogP contribution < -0.4 is 15.6 Å². The number of benzene rings is 2. The summed E-state index contributed by atoms with van der Waals surface area (Å²) in [6.45, 7) is 2.70. The predicted molar refractivity (Wildman–Crippen MR) is 123 cm³/mol. The third-order valence-corrected chi connectivity index (χ3v) is 4.95. The third-order valence-electron chi connectivity index (χ3n) is 4.23. The van der Waals surface area contributed by atoms with E-state index in [1.54, 1.807) is 6.21 Å². The van der Waals surface area contributed by atoms with Gasteiger partial charge in [0.1, 0.15) is 0 Å². The van der Waals surface area contributed by atoms with Crippen LogP contribution in [-0.2, 0) is 4.74 Å². The molecule has 2 heterocycles. The largest absolute Gasteiger partial charge is 0.378 e. The second-order valence-electron chi connectivity index (χ2n) is 6.44. The number of hydrogen-bond acceptors (Lipinski definition) is 8. The first-order valence-electron chi connectivity index (χ1n) is 9.32. The average Bonchev–Trinajstić information content (AvgIpc) is 2.74. The summed E-state index contributed by atoms with van der Waals surface area (Å²) in [7, 11) is 0. The fourth-order valence-corrected chi connectivity index (χ4v) is 3.42. The molecule has 1 aromatic heterocycles. The van der Waals surface area contributed by atoms with E-state index in [-0.39, 0.29) is 0 Å². The minimum absolute atomic E-state index is 0.335. The van der Waals surface area contributed by atoms with Gasteiger partial charge in [-0.3, -0.25) is 0 Å². The second-order valence-corrected chi connectivity index (χ2v) is 7.79. The topological polar surface area (TPSA) is 87.6 Å². The zero-order valence-electron chi connectivity index (χ0n) is 15.9. The van der Waals surface area contributed by atoms with E-state index in [1.165, 1.54) is 0 Å². The van der Waals surface area contributed by atoms with Crippen LogP contribution in [-0.4, -0.2) is 47.5 Å². The lowest BCUT2D eigenvalue weighted by Gasteiger charge is -2.27. The first-order valence-corrected chi connectivity index (χ1v) is 10.5. The normalized spacial score (nSPS) is 14.1. The summed E-state index contributed by atoms with van der Waals surface area (Å²) in [6.07, 6.45) is 1.66. The molecule has 1 fully saturated rings. The maximum atomic E-state index is 6.01. The van der Waals surface area contributed by atoms with E-state index in [0.717, 1.165) is 15.7 Å². The summed E-state index contributed by atoms with van der Waals surface area (Å²) < 4.78 is 6.39. The number of halogens is 2. The van der Waals surface area contributed by atoms with Crippen molar-refractivity contribution in [3.05, 3.63) is 63.6 Å². The monoisotopic (exact) mass is 487 g/mol. The smallest absolute Gasteiger partial charge is 0.250 e. The van der Waals surface area contributed by atoms with Crippen molar-refractivity contribution in [2.24, 2.45) is 5.10 Å². The minimum atomic E-state index is 0.335. The number of morpholine rings is 1. The summed E-state index contributed by atoms with van der Waals surface area (Å²) in [5.41, 5.74) is 4.61. The van der Waals surface area contributed by atoms with Gasteiger partial charge in [-0.2, -0.15) is 20.1 Å². The third kappa shape index (κ3) is 5.65. The SMILES string of the molecule is Clc1cccc(/C=N/Nc2nc(Nc3cccc(Br)c3)nc(N3CCOCC3)n2)c1. The minimum Gasteiger partial charge on any atom is -0.378 e. The fraction of sp³-hybridized carbons (Fsp3) is 0.200. The van der Waals surface area contributed by atoms with E-state index >= 15 is 0 Å². The molecule has 1 aliphatic rings. The first kappa shape index (κ1) is 20.5. The molecule has 8 nitrogen and oxygen atoms in total. The lowest BCUT2D eigenvalue weighted by molar-refractivity contribution is 0.122. The van der Waals surface area contributed by atoms with E-state index < -0.39 is 0 Å². The van der Waals surface area contributed by atoms with Gasteiger partial charge in [0.2, 0.25) is 17.8 Å². The van der Waals surface area contributed by atoms with Crippen molar-refractivity contribution in [2.45, 2.75) is 0 Å². The number of ether oxygens (including phenoxy) is 1. The number of hydrazone groups is 1. The van der Waals surface area contributed by atoms with Gasteiger partial charge in [0, 0.05) is 28.3 Å². The molecular formula is C20H19BrClN7O. The van der Waals surface area contributed by atoms with Crippen LogP contribution in [0.4, 0.5) is 23.5 Å². The molecule has 0 aliphatic carbocycles. The van der Waals surface area contributed by atoms with Gasteiger partial charge < -0.3 is 15.0 Å². The van der Waals surface area contributed by atoms with Crippen molar-refractivity contribution in [3.63, 3.8) is 0 Å². The van der Waals surface area contributed by atoms with E-state index in [0.29, 0.717) is 49.2 Å². The zero-order chi connectivity index (χ0) is 20.8. The van der Waals surface area contributed by atoms with Crippen LogP contribution in [0.2, 0.25) is 5.02 Å². The van der Waals surface area contributed by atoms with Crippen LogP contribution in [0.1, 0.15) is 5.56 Å². The van der Waals surface area contributed by atoms with Gasteiger partial charge in [-0.05, 0) is 35.9 Å². The summed E-state index contributed by atoms with van der Waals surface area (Å²) >= 11 is 9.49. The van der Waals surface area contributed by atoms with E-state index in [9.17, 15) is 0 Å². The molecule has 2 N–H and O–H groups in total. The molecule has 2 aromatic carbocycles. The molecule has 0 saturated carbocycles. The molecular weight excluding hydrogens is 470 g/mol. The molecule has 4 rings (SSSR count). The van der Waals surface area contributed by atoms with Gasteiger partial charge in [-0.25, -0.2) is 5.43 Å². The Labute approximate surface area is 187 Å². The Morgan fingerprint density at radius 1 is 1.03 bits per heavy atom. The number of hydrogen-bond donors (Lipinski definition) is 2. The summed E-state index contributed by atoms with van der Waals surface area (Å²) in [6, 6.07) is 15.2. The predicted octanol–water partition coefficient (Wildman–Crippen LogP) is 4.31. The highest BCUT2D eigenvalue weighted by atomic mass is 79.9. The highest BCUT2D eigenvalue weighted by Crippen LogP contribution is 2.21. The van der Waals surface area contributed by atoms with Crippen molar-refractivity contribution < 1.29 is 4.74 Å². The number of aromatic nitrogens is 3. The molecule has 30 heavy (non-hydrogen) atoms. The molecule has 0 amide bonds. The number of nitrogens with one attached hydrogen (secondary N) is 2. The molecule has 1 saturated heterocycles. The Balaban J connectivity index is 1.57. The van der Waals surface area contributed by atoms with Crippen molar-refractivity contribution in [1.29, 1.82) is 0 Å². The maximum Gasteiger partial charge on any atom is 0.250 e. The van der Waals surface area contributed by atoms with Crippen LogP contribution in [0.25, 0.3) is 0 Å². The molecule has 0 spiro atoms. The average molecular weight is 489 g/mol. The molecule has 0 unspecified atom stereocenters. The highest BCUT2D eigenvalue weighted by molar-refractivity contribution is 9.10. The Bertz CT molecular complexity index is 1040. The Kier molecular flexibility index (Phi) is 6.73. The number of anilines is 4. The Morgan fingerprint density at radius 3 is 2.63 bits per heavy atom. The molecule has 154 valence electrons. The molecule has 1 aliphatic heterocycles. The standard InChI is InChI=1S/C20H19BrClN7O/c21-15-4-2-6-17(12-15)24-18-25-19(27-20(26-18)29-7-9-30-10-8-29)28-23-13-14-3-1-5-16(22)11-14/h1-6,11-13H,7-10H2,(H2,24,25,26,27,28)/b23-13+. The number of rotatable bonds is 6. The fourth-order valence-electron chi connectivity index (χ4n) is 2.82. The maximum absolute atomic E-state index is 6.01. The Hall–Kier alpha value is -2.75. The van der Waals surface area contributed by atoms with Crippen LogP contribution in [0, 0.1) is 0 Å². The van der Waals surface area contributed by atoms with Gasteiger partial charge in [0.25, 0.3) is 0 Å². The Morgan fingerprint density at radius 2 is 1.83 bits per heavy atom. The number of nitrogens with zero attached hydrogens (tertiary/aromatic N) is 5. The molecule has 3 aromatic rings. The van der Waals surface area contributed by atoms with Gasteiger partial charge in [-0.1, -0.05) is 45.7 Å². The zero-order valence-corrected chi connectivity index (χ0v) is 18.3.